The molecule has 1 unspecified atom stereocenters. The zero-order chi connectivity index (χ0) is 11.4. The van der Waals surface area contributed by atoms with Gasteiger partial charge in [0.05, 0.1) is 13.2 Å². The fourth-order valence-corrected chi connectivity index (χ4v) is 1.68. The Balaban J connectivity index is 2.08. The number of hydrogen-bond donors (Lipinski definition) is 2. The Morgan fingerprint density at radius 1 is 1.31 bits per heavy atom. The molecule has 84 valence electrons. The summed E-state index contributed by atoms with van der Waals surface area (Å²) in [5.74, 6) is 0.816. The fourth-order valence-electron chi connectivity index (χ4n) is 1.68. The van der Waals surface area contributed by atoms with Crippen LogP contribution in [0.2, 0.25) is 0 Å². The van der Waals surface area contributed by atoms with E-state index in [9.17, 15) is 5.11 Å². The number of nitrogens with one attached hydrogen (secondary N) is 1. The lowest BCUT2D eigenvalue weighted by atomic mass is 10.1. The quantitative estimate of drug-likeness (QED) is 0.825. The SMILES string of the molecule is COc1cccc(CC(O)c2ccc[nH]2)c1. The topological polar surface area (TPSA) is 45.2 Å². The smallest absolute Gasteiger partial charge is 0.119 e. The van der Waals surface area contributed by atoms with Crippen molar-refractivity contribution in [3.05, 3.63) is 53.9 Å². The number of aliphatic hydroxyl groups excluding tert-OH is 1. The Morgan fingerprint density at radius 3 is 2.88 bits per heavy atom. The van der Waals surface area contributed by atoms with E-state index < -0.39 is 6.10 Å². The van der Waals surface area contributed by atoms with Gasteiger partial charge in [-0.05, 0) is 29.8 Å². The maximum absolute atomic E-state index is 9.95. The average molecular weight is 217 g/mol. The molecule has 1 heterocycles. The highest BCUT2D eigenvalue weighted by atomic mass is 16.5. The van der Waals surface area contributed by atoms with Crippen LogP contribution in [0.5, 0.6) is 5.75 Å². The highest BCUT2D eigenvalue weighted by Gasteiger charge is 2.09. The molecule has 1 atom stereocenters. The number of methoxy groups -OCH3 is 1. The van der Waals surface area contributed by atoms with Crippen molar-refractivity contribution in [3.63, 3.8) is 0 Å². The number of aliphatic hydroxyl groups is 1. The van der Waals surface area contributed by atoms with Gasteiger partial charge >= 0.3 is 0 Å². The molecule has 0 radical (unpaired) electrons. The van der Waals surface area contributed by atoms with Crippen LogP contribution in [0.25, 0.3) is 0 Å². The molecule has 0 spiro atoms. The second-order valence-electron chi connectivity index (χ2n) is 3.70. The van der Waals surface area contributed by atoms with Crippen molar-refractivity contribution in [2.24, 2.45) is 0 Å². The van der Waals surface area contributed by atoms with E-state index in [4.69, 9.17) is 4.74 Å². The van der Waals surface area contributed by atoms with Gasteiger partial charge in [0.2, 0.25) is 0 Å². The van der Waals surface area contributed by atoms with Gasteiger partial charge in [0, 0.05) is 18.3 Å². The number of rotatable bonds is 4. The summed E-state index contributed by atoms with van der Waals surface area (Å²) in [6, 6.07) is 11.5. The zero-order valence-electron chi connectivity index (χ0n) is 9.18. The predicted octanol–water partition coefficient (Wildman–Crippen LogP) is 2.30. The first-order chi connectivity index (χ1) is 7.79. The third kappa shape index (κ3) is 2.44. The Labute approximate surface area is 94.7 Å². The van der Waals surface area contributed by atoms with E-state index in [1.54, 1.807) is 7.11 Å². The molecule has 0 aliphatic rings. The molecule has 3 nitrogen and oxygen atoms in total. The summed E-state index contributed by atoms with van der Waals surface area (Å²) in [5.41, 5.74) is 1.89. The summed E-state index contributed by atoms with van der Waals surface area (Å²) in [5, 5.41) is 9.95. The van der Waals surface area contributed by atoms with Gasteiger partial charge in [-0.15, -0.1) is 0 Å². The van der Waals surface area contributed by atoms with Crippen molar-refractivity contribution in [1.82, 2.24) is 4.98 Å². The first-order valence-electron chi connectivity index (χ1n) is 5.24. The average Bonchev–Trinajstić information content (AvgIpc) is 2.83. The van der Waals surface area contributed by atoms with Crippen LogP contribution >= 0.6 is 0 Å². The zero-order valence-corrected chi connectivity index (χ0v) is 9.18. The summed E-state index contributed by atoms with van der Waals surface area (Å²) in [4.78, 5) is 3.00. The van der Waals surface area contributed by atoms with Gasteiger partial charge in [-0.25, -0.2) is 0 Å². The number of aromatic amines is 1. The third-order valence-electron chi connectivity index (χ3n) is 2.54. The number of aromatic nitrogens is 1. The summed E-state index contributed by atoms with van der Waals surface area (Å²) in [6.45, 7) is 0. The van der Waals surface area contributed by atoms with Crippen LogP contribution in [0, 0.1) is 0 Å². The Morgan fingerprint density at radius 2 is 2.19 bits per heavy atom. The van der Waals surface area contributed by atoms with Crippen molar-refractivity contribution in [3.8, 4) is 5.75 Å². The molecule has 3 heteroatoms. The highest BCUT2D eigenvalue weighted by Crippen LogP contribution is 2.19. The van der Waals surface area contributed by atoms with Crippen molar-refractivity contribution in [2.45, 2.75) is 12.5 Å². The maximum Gasteiger partial charge on any atom is 0.119 e. The maximum atomic E-state index is 9.95. The number of ether oxygens (including phenoxy) is 1. The Kier molecular flexibility index (Phi) is 3.27. The van der Waals surface area contributed by atoms with Crippen molar-refractivity contribution in [1.29, 1.82) is 0 Å². The van der Waals surface area contributed by atoms with Crippen molar-refractivity contribution in [2.75, 3.05) is 7.11 Å². The van der Waals surface area contributed by atoms with Gasteiger partial charge in [-0.2, -0.15) is 0 Å². The molecule has 2 aromatic rings. The Bertz CT molecular complexity index is 437. The summed E-state index contributed by atoms with van der Waals surface area (Å²) < 4.78 is 5.14. The van der Waals surface area contributed by atoms with E-state index in [2.05, 4.69) is 4.98 Å². The van der Waals surface area contributed by atoms with Gasteiger partial charge in [-0.1, -0.05) is 12.1 Å². The second-order valence-corrected chi connectivity index (χ2v) is 3.70. The second kappa shape index (κ2) is 4.86. The van der Waals surface area contributed by atoms with Crippen molar-refractivity contribution < 1.29 is 9.84 Å². The molecule has 0 bridgehead atoms. The molecule has 1 aromatic carbocycles. The number of hydrogen-bond acceptors (Lipinski definition) is 2. The van der Waals surface area contributed by atoms with Crippen LogP contribution in [-0.2, 0) is 6.42 Å². The van der Waals surface area contributed by atoms with Gasteiger partial charge in [0.25, 0.3) is 0 Å². The molecule has 0 amide bonds. The first-order valence-corrected chi connectivity index (χ1v) is 5.24. The molecule has 0 saturated carbocycles. The lowest BCUT2D eigenvalue weighted by Crippen LogP contribution is -2.02. The minimum Gasteiger partial charge on any atom is -0.497 e. The van der Waals surface area contributed by atoms with Crippen LogP contribution in [0.3, 0.4) is 0 Å². The summed E-state index contributed by atoms with van der Waals surface area (Å²) >= 11 is 0. The fraction of sp³-hybridized carbons (Fsp3) is 0.231. The molecular formula is C13H15NO2. The molecule has 0 aliphatic heterocycles. The van der Waals surface area contributed by atoms with E-state index in [-0.39, 0.29) is 0 Å². The number of H-pyrrole nitrogens is 1. The molecule has 1 aromatic heterocycles. The molecule has 0 fully saturated rings. The normalized spacial score (nSPS) is 12.4. The van der Waals surface area contributed by atoms with E-state index in [0.717, 1.165) is 17.0 Å². The number of benzene rings is 1. The lowest BCUT2D eigenvalue weighted by molar-refractivity contribution is 0.174. The molecular weight excluding hydrogens is 202 g/mol. The van der Waals surface area contributed by atoms with Gasteiger partial charge in [0.15, 0.2) is 0 Å². The molecule has 16 heavy (non-hydrogen) atoms. The summed E-state index contributed by atoms with van der Waals surface area (Å²) in [7, 11) is 1.64. The van der Waals surface area contributed by atoms with Gasteiger partial charge in [-0.3, -0.25) is 0 Å². The standard InChI is InChI=1S/C13H15NO2/c1-16-11-5-2-4-10(8-11)9-13(15)12-6-3-7-14-12/h2-8,13-15H,9H2,1H3. The van der Waals surface area contributed by atoms with Crippen LogP contribution in [-0.4, -0.2) is 17.2 Å². The van der Waals surface area contributed by atoms with Gasteiger partial charge < -0.3 is 14.8 Å². The summed E-state index contributed by atoms with van der Waals surface area (Å²) in [6.07, 6.45) is 1.89. The van der Waals surface area contributed by atoms with Crippen LogP contribution < -0.4 is 4.74 Å². The van der Waals surface area contributed by atoms with Crippen LogP contribution in [0.1, 0.15) is 17.4 Å². The first kappa shape index (κ1) is 10.8. The minimum atomic E-state index is -0.498. The largest absolute Gasteiger partial charge is 0.497 e. The highest BCUT2D eigenvalue weighted by molar-refractivity contribution is 5.29. The van der Waals surface area contributed by atoms with E-state index >= 15 is 0 Å². The molecule has 2 rings (SSSR count). The minimum absolute atomic E-state index is 0.498. The Hall–Kier alpha value is -1.74. The van der Waals surface area contributed by atoms with E-state index in [0.29, 0.717) is 6.42 Å². The van der Waals surface area contributed by atoms with Gasteiger partial charge in [0.1, 0.15) is 5.75 Å². The monoisotopic (exact) mass is 217 g/mol. The molecule has 0 aliphatic carbocycles. The molecule has 2 N–H and O–H groups in total. The third-order valence-corrected chi connectivity index (χ3v) is 2.54. The van der Waals surface area contributed by atoms with E-state index in [1.807, 2.05) is 42.6 Å². The molecule has 0 saturated heterocycles. The predicted molar refractivity (Wildman–Crippen MR) is 62.5 cm³/mol. The van der Waals surface area contributed by atoms with Crippen molar-refractivity contribution >= 4 is 0 Å². The van der Waals surface area contributed by atoms with Crippen LogP contribution in [0.4, 0.5) is 0 Å². The van der Waals surface area contributed by atoms with Crippen LogP contribution in [0.15, 0.2) is 42.6 Å². The lowest BCUT2D eigenvalue weighted by Gasteiger charge is -2.09. The van der Waals surface area contributed by atoms with E-state index in [1.165, 1.54) is 0 Å².